The van der Waals surface area contributed by atoms with Crippen molar-refractivity contribution in [3.05, 3.63) is 6.42 Å². The number of carbonyl (C=O) groups is 2. The fourth-order valence-corrected chi connectivity index (χ4v) is 4.01. The van der Waals surface area contributed by atoms with Crippen molar-refractivity contribution in [2.75, 3.05) is 0 Å². The van der Waals surface area contributed by atoms with E-state index in [1.807, 2.05) is 6.92 Å². The molecule has 0 aromatic heterocycles. The molecule has 0 rings (SSSR count). The number of hydrogen-bond acceptors (Lipinski definition) is 2. The number of hydrogen-bond donors (Lipinski definition) is 0. The molecule has 1 atom stereocenters. The molecule has 0 bridgehead atoms. The van der Waals surface area contributed by atoms with Crippen LogP contribution in [0.15, 0.2) is 0 Å². The largest absolute Gasteiger partial charge is 0.299 e. The van der Waals surface area contributed by atoms with Gasteiger partial charge >= 0.3 is 0 Å². The van der Waals surface area contributed by atoms with E-state index in [4.69, 9.17) is 0 Å². The fraction of sp³-hybridized carbons (Fsp3) is 0.893. The normalized spacial score (nSPS) is 12.2. The van der Waals surface area contributed by atoms with Crippen LogP contribution in [-0.2, 0) is 9.59 Å². The Morgan fingerprint density at radius 2 is 0.933 bits per heavy atom. The predicted octanol–water partition coefficient (Wildman–Crippen LogP) is 9.20. The molecule has 177 valence electrons. The minimum Gasteiger partial charge on any atom is -0.299 e. The first-order valence-electron chi connectivity index (χ1n) is 13.5. The van der Waals surface area contributed by atoms with Gasteiger partial charge in [-0.1, -0.05) is 124 Å². The lowest BCUT2D eigenvalue weighted by molar-refractivity contribution is -0.122. The van der Waals surface area contributed by atoms with Gasteiger partial charge in [-0.2, -0.15) is 0 Å². The Morgan fingerprint density at radius 3 is 1.37 bits per heavy atom. The lowest BCUT2D eigenvalue weighted by Gasteiger charge is -2.10. The molecule has 0 aliphatic carbocycles. The van der Waals surface area contributed by atoms with Crippen LogP contribution in [0.3, 0.4) is 0 Å². The minimum absolute atomic E-state index is 0.00566. The van der Waals surface area contributed by atoms with E-state index in [1.54, 1.807) is 6.42 Å². The van der Waals surface area contributed by atoms with Gasteiger partial charge in [-0.15, -0.1) is 0 Å². The maximum atomic E-state index is 12.3. The van der Waals surface area contributed by atoms with Gasteiger partial charge in [0.1, 0.15) is 11.6 Å². The topological polar surface area (TPSA) is 34.1 Å². The van der Waals surface area contributed by atoms with Crippen LogP contribution in [0, 0.1) is 12.3 Å². The van der Waals surface area contributed by atoms with Crippen molar-refractivity contribution in [2.45, 2.75) is 156 Å². The molecule has 0 fully saturated rings. The summed E-state index contributed by atoms with van der Waals surface area (Å²) in [4.78, 5) is 24.3. The summed E-state index contributed by atoms with van der Waals surface area (Å²) >= 11 is 0. The van der Waals surface area contributed by atoms with Crippen LogP contribution in [0.1, 0.15) is 156 Å². The third-order valence-corrected chi connectivity index (χ3v) is 6.30. The van der Waals surface area contributed by atoms with Gasteiger partial charge in [0, 0.05) is 25.2 Å². The Kier molecular flexibility index (Phi) is 22.5. The van der Waals surface area contributed by atoms with Crippen LogP contribution in [-0.4, -0.2) is 11.6 Å². The van der Waals surface area contributed by atoms with Crippen LogP contribution in [0.25, 0.3) is 0 Å². The number of ketones is 2. The number of Topliss-reactive ketones (excluding diaryl/α,β-unsaturated/α-hetero) is 2. The molecule has 0 aromatic rings. The summed E-state index contributed by atoms with van der Waals surface area (Å²) in [6.45, 7) is 6.49. The van der Waals surface area contributed by atoms with Crippen molar-refractivity contribution in [3.63, 3.8) is 0 Å². The van der Waals surface area contributed by atoms with E-state index in [-0.39, 0.29) is 11.7 Å². The lowest BCUT2D eigenvalue weighted by atomic mass is 9.94. The summed E-state index contributed by atoms with van der Waals surface area (Å²) in [5.74, 6) is 0.580. The van der Waals surface area contributed by atoms with E-state index in [2.05, 4.69) is 13.8 Å². The number of carbonyl (C=O) groups excluding carboxylic acids is 2. The first-order valence-corrected chi connectivity index (χ1v) is 13.5. The predicted molar refractivity (Wildman–Crippen MR) is 132 cm³/mol. The van der Waals surface area contributed by atoms with Crippen molar-refractivity contribution in [1.82, 2.24) is 0 Å². The van der Waals surface area contributed by atoms with E-state index in [0.717, 1.165) is 12.8 Å². The van der Waals surface area contributed by atoms with Crippen molar-refractivity contribution >= 4 is 11.6 Å². The zero-order valence-corrected chi connectivity index (χ0v) is 20.8. The monoisotopic (exact) mass is 421 g/mol. The molecule has 0 heterocycles. The highest BCUT2D eigenvalue weighted by atomic mass is 16.1. The van der Waals surface area contributed by atoms with Gasteiger partial charge in [0.15, 0.2) is 0 Å². The molecule has 0 N–H and O–H groups in total. The third kappa shape index (κ3) is 20.6. The average molecular weight is 422 g/mol. The Morgan fingerprint density at radius 1 is 0.567 bits per heavy atom. The van der Waals surface area contributed by atoms with Gasteiger partial charge < -0.3 is 0 Å². The smallest absolute Gasteiger partial charge is 0.136 e. The molecule has 2 nitrogen and oxygen atoms in total. The molecule has 0 amide bonds. The highest BCUT2D eigenvalue weighted by molar-refractivity contribution is 5.88. The van der Waals surface area contributed by atoms with Gasteiger partial charge in [0.05, 0.1) is 0 Å². The summed E-state index contributed by atoms with van der Waals surface area (Å²) in [5, 5.41) is 0. The summed E-state index contributed by atoms with van der Waals surface area (Å²) in [5.41, 5.74) is 0. The van der Waals surface area contributed by atoms with Crippen LogP contribution in [0.4, 0.5) is 0 Å². The Hall–Kier alpha value is -0.660. The van der Waals surface area contributed by atoms with Crippen LogP contribution < -0.4 is 0 Å². The molecule has 0 saturated heterocycles. The minimum atomic E-state index is 0.00566. The molecule has 0 aromatic carbocycles. The second kappa shape index (κ2) is 23.0. The molecule has 0 spiro atoms. The SMILES string of the molecule is CCCCCCCCCCCC(=O)[CH]CC(C)C(=O)CCCCCCCCCCC. The second-order valence-corrected chi connectivity index (χ2v) is 9.43. The lowest BCUT2D eigenvalue weighted by Crippen LogP contribution is -2.13. The summed E-state index contributed by atoms with van der Waals surface area (Å²) < 4.78 is 0. The van der Waals surface area contributed by atoms with Crippen molar-refractivity contribution < 1.29 is 9.59 Å². The van der Waals surface area contributed by atoms with Crippen molar-refractivity contribution in [2.24, 2.45) is 5.92 Å². The van der Waals surface area contributed by atoms with Gasteiger partial charge in [0.25, 0.3) is 0 Å². The van der Waals surface area contributed by atoms with Crippen LogP contribution in [0.2, 0.25) is 0 Å². The number of unbranched alkanes of at least 4 members (excludes halogenated alkanes) is 16. The third-order valence-electron chi connectivity index (χ3n) is 6.30. The van der Waals surface area contributed by atoms with Crippen molar-refractivity contribution in [3.8, 4) is 0 Å². The molecular formula is C28H53O2. The summed E-state index contributed by atoms with van der Waals surface area (Å²) in [7, 11) is 0. The van der Waals surface area contributed by atoms with Crippen molar-refractivity contribution in [1.29, 1.82) is 0 Å². The zero-order valence-electron chi connectivity index (χ0n) is 20.8. The van der Waals surface area contributed by atoms with E-state index in [9.17, 15) is 9.59 Å². The standard InChI is InChI=1S/C28H53O2/c1-4-6-8-10-12-14-16-18-20-22-27(29)25-24-26(3)28(30)23-21-19-17-15-13-11-9-7-5-2/h25-26H,4-24H2,1-3H3. The first-order chi connectivity index (χ1) is 14.6. The van der Waals surface area contributed by atoms with Gasteiger partial charge in [0.2, 0.25) is 0 Å². The quantitative estimate of drug-likeness (QED) is 0.145. The Bertz CT molecular complexity index is 388. The van der Waals surface area contributed by atoms with E-state index < -0.39 is 0 Å². The van der Waals surface area contributed by atoms with Crippen LogP contribution >= 0.6 is 0 Å². The zero-order chi connectivity index (χ0) is 22.3. The van der Waals surface area contributed by atoms with E-state index >= 15 is 0 Å². The molecule has 0 aliphatic heterocycles. The Balaban J connectivity index is 3.48. The van der Waals surface area contributed by atoms with Crippen LogP contribution in [0.5, 0.6) is 0 Å². The highest BCUT2D eigenvalue weighted by Crippen LogP contribution is 2.16. The van der Waals surface area contributed by atoms with E-state index in [1.165, 1.54) is 103 Å². The molecule has 2 heteroatoms. The molecule has 1 unspecified atom stereocenters. The maximum absolute atomic E-state index is 12.3. The second-order valence-electron chi connectivity index (χ2n) is 9.43. The molecule has 0 aliphatic rings. The Labute approximate surface area is 189 Å². The molecule has 1 radical (unpaired) electrons. The molecule has 0 saturated carbocycles. The fourth-order valence-electron chi connectivity index (χ4n) is 4.01. The van der Waals surface area contributed by atoms with Gasteiger partial charge in [-0.25, -0.2) is 0 Å². The molecular weight excluding hydrogens is 368 g/mol. The van der Waals surface area contributed by atoms with Gasteiger partial charge in [-0.05, 0) is 19.3 Å². The summed E-state index contributed by atoms with van der Waals surface area (Å²) in [6.07, 6.45) is 26.8. The van der Waals surface area contributed by atoms with E-state index in [0.29, 0.717) is 25.0 Å². The summed E-state index contributed by atoms with van der Waals surface area (Å²) in [6, 6.07) is 0. The maximum Gasteiger partial charge on any atom is 0.136 e. The van der Waals surface area contributed by atoms with Gasteiger partial charge in [-0.3, -0.25) is 9.59 Å². The highest BCUT2D eigenvalue weighted by Gasteiger charge is 2.14. The number of rotatable bonds is 24. The first kappa shape index (κ1) is 29.3. The molecule has 30 heavy (non-hydrogen) atoms. The average Bonchev–Trinajstić information content (AvgIpc) is 2.75.